The van der Waals surface area contributed by atoms with Gasteiger partial charge in [0.25, 0.3) is 0 Å². The lowest BCUT2D eigenvalue weighted by molar-refractivity contribution is 0.129. The maximum Gasteiger partial charge on any atom is 0.243 e. The van der Waals surface area contributed by atoms with Crippen molar-refractivity contribution < 1.29 is 13.5 Å². The normalized spacial score (nSPS) is 30.0. The molecule has 1 N–H and O–H groups in total. The standard InChI is InChI=1S/C16H23NO3S/c1-11(2)12-3-6-14(7-4-12)21(19,20)17-9-13-5-8-16(18)15(13)10-17/h3-4,6-7,11,13,15-16,18H,5,8-10H2,1-2H3. The Morgan fingerprint density at radius 1 is 1.14 bits per heavy atom. The topological polar surface area (TPSA) is 57.6 Å². The van der Waals surface area contributed by atoms with Crippen molar-refractivity contribution in [3.05, 3.63) is 29.8 Å². The van der Waals surface area contributed by atoms with Crippen molar-refractivity contribution in [3.8, 4) is 0 Å². The molecule has 4 nitrogen and oxygen atoms in total. The number of hydrogen-bond acceptors (Lipinski definition) is 3. The predicted octanol–water partition coefficient (Wildman–Crippen LogP) is 2.20. The van der Waals surface area contributed by atoms with Crippen LogP contribution in [-0.4, -0.2) is 37.0 Å². The van der Waals surface area contributed by atoms with E-state index in [1.54, 1.807) is 16.4 Å². The number of nitrogens with zero attached hydrogens (tertiary/aromatic N) is 1. The Kier molecular flexibility index (Phi) is 3.84. The number of aliphatic hydroxyl groups is 1. The van der Waals surface area contributed by atoms with Gasteiger partial charge in [0.2, 0.25) is 10.0 Å². The Labute approximate surface area is 126 Å². The quantitative estimate of drug-likeness (QED) is 0.931. The van der Waals surface area contributed by atoms with E-state index < -0.39 is 10.0 Å². The molecule has 1 aliphatic heterocycles. The van der Waals surface area contributed by atoms with Gasteiger partial charge in [0.1, 0.15) is 0 Å². The maximum atomic E-state index is 12.7. The zero-order chi connectivity index (χ0) is 15.2. The highest BCUT2D eigenvalue weighted by Gasteiger charge is 2.45. The molecule has 0 bridgehead atoms. The molecule has 1 aliphatic carbocycles. The molecule has 1 saturated heterocycles. The first kappa shape index (κ1) is 15.0. The summed E-state index contributed by atoms with van der Waals surface area (Å²) < 4.78 is 26.9. The summed E-state index contributed by atoms with van der Waals surface area (Å²) in [7, 11) is -3.42. The molecule has 1 heterocycles. The van der Waals surface area contributed by atoms with Gasteiger partial charge in [-0.05, 0) is 42.4 Å². The number of fused-ring (bicyclic) bond motifs is 1. The van der Waals surface area contributed by atoms with E-state index in [-0.39, 0.29) is 12.0 Å². The van der Waals surface area contributed by atoms with Crippen LogP contribution in [0.25, 0.3) is 0 Å². The van der Waals surface area contributed by atoms with Crippen molar-refractivity contribution in [3.63, 3.8) is 0 Å². The van der Waals surface area contributed by atoms with Crippen molar-refractivity contribution in [2.75, 3.05) is 13.1 Å². The zero-order valence-electron chi connectivity index (χ0n) is 12.6. The van der Waals surface area contributed by atoms with Gasteiger partial charge in [-0.25, -0.2) is 8.42 Å². The third-order valence-electron chi connectivity index (χ3n) is 4.97. The summed E-state index contributed by atoms with van der Waals surface area (Å²) in [5.41, 5.74) is 1.14. The number of hydrogen-bond donors (Lipinski definition) is 1. The minimum absolute atomic E-state index is 0.120. The SMILES string of the molecule is CC(C)c1ccc(S(=O)(=O)N2CC3CCC(O)C3C2)cc1. The summed E-state index contributed by atoms with van der Waals surface area (Å²) in [5.74, 6) is 0.836. The lowest BCUT2D eigenvalue weighted by atomic mass is 10.00. The molecular formula is C16H23NO3S. The molecule has 116 valence electrons. The van der Waals surface area contributed by atoms with E-state index in [2.05, 4.69) is 13.8 Å². The minimum atomic E-state index is -3.42. The Morgan fingerprint density at radius 3 is 2.38 bits per heavy atom. The molecule has 0 spiro atoms. The van der Waals surface area contributed by atoms with Crippen LogP contribution < -0.4 is 0 Å². The first-order valence-corrected chi connectivity index (χ1v) is 9.12. The van der Waals surface area contributed by atoms with E-state index in [0.29, 0.717) is 29.8 Å². The first-order chi connectivity index (χ1) is 9.89. The van der Waals surface area contributed by atoms with Gasteiger partial charge in [0.05, 0.1) is 11.0 Å². The van der Waals surface area contributed by atoms with Gasteiger partial charge in [0, 0.05) is 19.0 Å². The van der Waals surface area contributed by atoms with Gasteiger partial charge in [-0.15, -0.1) is 0 Å². The lowest BCUT2D eigenvalue weighted by Gasteiger charge is -2.18. The molecule has 3 unspecified atom stereocenters. The van der Waals surface area contributed by atoms with E-state index in [1.165, 1.54) is 0 Å². The van der Waals surface area contributed by atoms with Crippen molar-refractivity contribution in [2.24, 2.45) is 11.8 Å². The highest BCUT2D eigenvalue weighted by molar-refractivity contribution is 7.89. The van der Waals surface area contributed by atoms with Gasteiger partial charge in [-0.1, -0.05) is 26.0 Å². The van der Waals surface area contributed by atoms with E-state index in [9.17, 15) is 13.5 Å². The summed E-state index contributed by atoms with van der Waals surface area (Å²) in [4.78, 5) is 0.362. The third-order valence-corrected chi connectivity index (χ3v) is 6.82. The van der Waals surface area contributed by atoms with E-state index >= 15 is 0 Å². The van der Waals surface area contributed by atoms with Crippen LogP contribution in [0.15, 0.2) is 29.2 Å². The second-order valence-corrected chi connectivity index (χ2v) is 8.55. The fraction of sp³-hybridized carbons (Fsp3) is 0.625. The molecule has 0 aromatic heterocycles. The van der Waals surface area contributed by atoms with Crippen LogP contribution in [0.2, 0.25) is 0 Å². The second-order valence-electron chi connectivity index (χ2n) is 6.61. The number of aliphatic hydroxyl groups excluding tert-OH is 1. The van der Waals surface area contributed by atoms with Gasteiger partial charge in [0.15, 0.2) is 0 Å². The molecule has 1 aromatic carbocycles. The average molecular weight is 309 g/mol. The molecule has 3 rings (SSSR count). The van der Waals surface area contributed by atoms with Crippen LogP contribution in [-0.2, 0) is 10.0 Å². The molecule has 21 heavy (non-hydrogen) atoms. The van der Waals surface area contributed by atoms with Crippen LogP contribution in [0.1, 0.15) is 38.2 Å². The van der Waals surface area contributed by atoms with Gasteiger partial charge in [-0.3, -0.25) is 0 Å². The Bertz CT molecular complexity index is 609. The van der Waals surface area contributed by atoms with Gasteiger partial charge < -0.3 is 5.11 Å². The van der Waals surface area contributed by atoms with E-state index in [1.807, 2.05) is 12.1 Å². The van der Waals surface area contributed by atoms with Gasteiger partial charge >= 0.3 is 0 Å². The maximum absolute atomic E-state index is 12.7. The first-order valence-electron chi connectivity index (χ1n) is 7.68. The molecule has 2 fully saturated rings. The molecule has 1 saturated carbocycles. The Morgan fingerprint density at radius 2 is 1.81 bits per heavy atom. The fourth-order valence-electron chi connectivity index (χ4n) is 3.57. The second kappa shape index (κ2) is 5.38. The molecular weight excluding hydrogens is 286 g/mol. The van der Waals surface area contributed by atoms with E-state index in [0.717, 1.165) is 18.4 Å². The summed E-state index contributed by atoms with van der Waals surface area (Å²) in [6, 6.07) is 7.19. The molecule has 2 aliphatic rings. The molecule has 0 amide bonds. The van der Waals surface area contributed by atoms with Crippen LogP contribution in [0.3, 0.4) is 0 Å². The molecule has 0 radical (unpaired) electrons. The number of benzene rings is 1. The number of rotatable bonds is 3. The monoisotopic (exact) mass is 309 g/mol. The summed E-state index contributed by atoms with van der Waals surface area (Å²) in [6.45, 7) is 5.19. The Balaban J connectivity index is 1.81. The van der Waals surface area contributed by atoms with E-state index in [4.69, 9.17) is 0 Å². The minimum Gasteiger partial charge on any atom is -0.393 e. The van der Waals surface area contributed by atoms with Crippen LogP contribution >= 0.6 is 0 Å². The average Bonchev–Trinajstić information content (AvgIpc) is 3.02. The summed E-state index contributed by atoms with van der Waals surface area (Å²) in [6.07, 6.45) is 1.41. The summed E-state index contributed by atoms with van der Waals surface area (Å²) >= 11 is 0. The van der Waals surface area contributed by atoms with Crippen LogP contribution in [0.4, 0.5) is 0 Å². The summed E-state index contributed by atoms with van der Waals surface area (Å²) in [5, 5.41) is 9.93. The molecule has 5 heteroatoms. The lowest BCUT2D eigenvalue weighted by Crippen LogP contribution is -2.31. The molecule has 3 atom stereocenters. The van der Waals surface area contributed by atoms with Crippen LogP contribution in [0, 0.1) is 11.8 Å². The smallest absolute Gasteiger partial charge is 0.243 e. The Hall–Kier alpha value is -0.910. The third kappa shape index (κ3) is 2.62. The highest BCUT2D eigenvalue weighted by Crippen LogP contribution is 2.40. The van der Waals surface area contributed by atoms with Crippen molar-refractivity contribution in [1.29, 1.82) is 0 Å². The highest BCUT2D eigenvalue weighted by atomic mass is 32.2. The molecule has 1 aromatic rings. The van der Waals surface area contributed by atoms with Gasteiger partial charge in [-0.2, -0.15) is 4.31 Å². The van der Waals surface area contributed by atoms with Crippen molar-refractivity contribution in [1.82, 2.24) is 4.31 Å². The fourth-order valence-corrected chi connectivity index (χ4v) is 5.10. The van der Waals surface area contributed by atoms with Crippen LogP contribution in [0.5, 0.6) is 0 Å². The number of sulfonamides is 1. The largest absolute Gasteiger partial charge is 0.393 e. The van der Waals surface area contributed by atoms with Crippen molar-refractivity contribution in [2.45, 2.75) is 43.6 Å². The zero-order valence-corrected chi connectivity index (χ0v) is 13.4. The van der Waals surface area contributed by atoms with Crippen molar-refractivity contribution >= 4 is 10.0 Å². The predicted molar refractivity (Wildman–Crippen MR) is 81.5 cm³/mol.